The molecule has 0 saturated carbocycles. The summed E-state index contributed by atoms with van der Waals surface area (Å²) in [7, 11) is -3.40. The Morgan fingerprint density at radius 1 is 1.17 bits per heavy atom. The molecule has 5 heteroatoms. The van der Waals surface area contributed by atoms with Crippen molar-refractivity contribution in [3.05, 3.63) is 30.3 Å². The highest BCUT2D eigenvalue weighted by Gasteiger charge is 2.31. The van der Waals surface area contributed by atoms with Gasteiger partial charge in [0.05, 0.1) is 4.90 Å². The lowest BCUT2D eigenvalue weighted by Crippen LogP contribution is -2.41. The van der Waals surface area contributed by atoms with E-state index in [2.05, 4.69) is 0 Å². The van der Waals surface area contributed by atoms with Crippen molar-refractivity contribution in [3.8, 4) is 0 Å². The lowest BCUT2D eigenvalue weighted by Gasteiger charge is -2.27. The summed E-state index contributed by atoms with van der Waals surface area (Å²) in [6, 6.07) is 8.54. The Bertz CT molecular complexity index is 475. The smallest absolute Gasteiger partial charge is 0.207 e. The first kappa shape index (κ1) is 13.8. The van der Waals surface area contributed by atoms with Crippen molar-refractivity contribution in [1.29, 1.82) is 0 Å². The van der Waals surface area contributed by atoms with Gasteiger partial charge in [0.1, 0.15) is 0 Å². The molecule has 1 aliphatic rings. The average Bonchev–Trinajstić information content (AvgIpc) is 2.65. The summed E-state index contributed by atoms with van der Waals surface area (Å²) in [5.41, 5.74) is 0. The van der Waals surface area contributed by atoms with E-state index in [-0.39, 0.29) is 6.04 Å². The Morgan fingerprint density at radius 2 is 1.89 bits per heavy atom. The topological polar surface area (TPSA) is 37.4 Å². The highest BCUT2D eigenvalue weighted by Crippen LogP contribution is 2.25. The molecule has 0 N–H and O–H groups in total. The standard InChI is InChI=1S/C13H18ClNO2S/c14-11-12-7-3-2-6-10-15(12)18(16,17)13-8-4-1-5-9-13/h1,4-5,8-9,12H,2-3,6-7,10-11H2. The van der Waals surface area contributed by atoms with Gasteiger partial charge in [0.2, 0.25) is 10.0 Å². The molecule has 0 amide bonds. The van der Waals surface area contributed by atoms with Crippen LogP contribution in [-0.4, -0.2) is 31.2 Å². The first-order chi connectivity index (χ1) is 8.66. The van der Waals surface area contributed by atoms with Gasteiger partial charge in [-0.25, -0.2) is 8.42 Å². The number of sulfonamides is 1. The molecule has 0 aromatic heterocycles. The van der Waals surface area contributed by atoms with Gasteiger partial charge in [-0.2, -0.15) is 4.31 Å². The van der Waals surface area contributed by atoms with E-state index >= 15 is 0 Å². The third-order valence-corrected chi connectivity index (χ3v) is 5.67. The van der Waals surface area contributed by atoms with Gasteiger partial charge < -0.3 is 0 Å². The molecule has 3 nitrogen and oxygen atoms in total. The van der Waals surface area contributed by atoms with Crippen molar-refractivity contribution in [1.82, 2.24) is 4.31 Å². The van der Waals surface area contributed by atoms with Crippen LogP contribution in [0.2, 0.25) is 0 Å². The van der Waals surface area contributed by atoms with E-state index in [1.807, 2.05) is 6.07 Å². The van der Waals surface area contributed by atoms with Crippen LogP contribution in [0.1, 0.15) is 25.7 Å². The first-order valence-corrected chi connectivity index (χ1v) is 8.26. The predicted octanol–water partition coefficient (Wildman–Crippen LogP) is 2.86. The summed E-state index contributed by atoms with van der Waals surface area (Å²) in [5.74, 6) is 0.367. The maximum atomic E-state index is 12.6. The van der Waals surface area contributed by atoms with Gasteiger partial charge in [-0.05, 0) is 25.0 Å². The zero-order valence-corrected chi connectivity index (χ0v) is 11.8. The average molecular weight is 288 g/mol. The van der Waals surface area contributed by atoms with Gasteiger partial charge in [-0.15, -0.1) is 11.6 Å². The first-order valence-electron chi connectivity index (χ1n) is 6.29. The summed E-state index contributed by atoms with van der Waals surface area (Å²) < 4.78 is 26.7. The van der Waals surface area contributed by atoms with Gasteiger partial charge in [-0.1, -0.05) is 31.0 Å². The third kappa shape index (κ3) is 2.87. The highest BCUT2D eigenvalue weighted by atomic mass is 35.5. The van der Waals surface area contributed by atoms with E-state index in [4.69, 9.17) is 11.6 Å². The fraction of sp³-hybridized carbons (Fsp3) is 0.538. The number of rotatable bonds is 3. The van der Waals surface area contributed by atoms with E-state index in [9.17, 15) is 8.42 Å². The molecule has 18 heavy (non-hydrogen) atoms. The highest BCUT2D eigenvalue weighted by molar-refractivity contribution is 7.89. The Balaban J connectivity index is 2.32. The van der Waals surface area contributed by atoms with Crippen LogP contribution in [-0.2, 0) is 10.0 Å². The van der Waals surface area contributed by atoms with Gasteiger partial charge in [0.15, 0.2) is 0 Å². The molecule has 1 aliphatic heterocycles. The lowest BCUT2D eigenvalue weighted by atomic mass is 10.1. The minimum absolute atomic E-state index is 0.0700. The van der Waals surface area contributed by atoms with Crippen molar-refractivity contribution in [3.63, 3.8) is 0 Å². The summed E-state index contributed by atoms with van der Waals surface area (Å²) in [6.07, 6.45) is 3.90. The van der Waals surface area contributed by atoms with Gasteiger partial charge in [0.25, 0.3) is 0 Å². The zero-order valence-electron chi connectivity index (χ0n) is 10.3. The Labute approximate surface area is 114 Å². The molecule has 0 bridgehead atoms. The second-order valence-corrected chi connectivity index (χ2v) is 6.79. The molecule has 0 aliphatic carbocycles. The van der Waals surface area contributed by atoms with Crippen molar-refractivity contribution in [2.24, 2.45) is 0 Å². The van der Waals surface area contributed by atoms with E-state index in [1.54, 1.807) is 28.6 Å². The Morgan fingerprint density at radius 3 is 2.56 bits per heavy atom. The van der Waals surface area contributed by atoms with Gasteiger partial charge >= 0.3 is 0 Å². The third-order valence-electron chi connectivity index (χ3n) is 3.35. The normalized spacial score (nSPS) is 22.6. The van der Waals surface area contributed by atoms with E-state index < -0.39 is 10.0 Å². The number of hydrogen-bond acceptors (Lipinski definition) is 2. The molecule has 1 unspecified atom stereocenters. The summed E-state index contributed by atoms with van der Waals surface area (Å²) in [4.78, 5) is 0.363. The number of alkyl halides is 1. The van der Waals surface area contributed by atoms with Crippen LogP contribution in [0.25, 0.3) is 0 Å². The molecule has 1 heterocycles. The van der Waals surface area contributed by atoms with Crippen molar-refractivity contribution < 1.29 is 8.42 Å². The van der Waals surface area contributed by atoms with Crippen LogP contribution < -0.4 is 0 Å². The van der Waals surface area contributed by atoms with E-state index in [1.165, 1.54) is 0 Å². The van der Waals surface area contributed by atoms with Crippen molar-refractivity contribution >= 4 is 21.6 Å². The number of nitrogens with zero attached hydrogens (tertiary/aromatic N) is 1. The molecule has 1 aromatic rings. The largest absolute Gasteiger partial charge is 0.243 e. The second kappa shape index (κ2) is 6.04. The van der Waals surface area contributed by atoms with Crippen molar-refractivity contribution in [2.75, 3.05) is 12.4 Å². The number of halogens is 1. The zero-order chi connectivity index (χ0) is 13.0. The lowest BCUT2D eigenvalue weighted by molar-refractivity contribution is 0.345. The van der Waals surface area contributed by atoms with Crippen LogP contribution in [0.15, 0.2) is 35.2 Å². The SMILES string of the molecule is O=S(=O)(c1ccccc1)N1CCCCCC1CCl. The molecule has 1 saturated heterocycles. The van der Waals surface area contributed by atoms with E-state index in [0.717, 1.165) is 25.7 Å². The molecular formula is C13H18ClNO2S. The molecule has 1 aromatic carbocycles. The van der Waals surface area contributed by atoms with Crippen molar-refractivity contribution in [2.45, 2.75) is 36.6 Å². The summed E-state index contributed by atoms with van der Waals surface area (Å²) in [6.45, 7) is 0.578. The number of hydrogen-bond donors (Lipinski definition) is 0. The van der Waals surface area contributed by atoms with Crippen LogP contribution >= 0.6 is 11.6 Å². The molecule has 2 rings (SSSR count). The van der Waals surface area contributed by atoms with Gasteiger partial charge in [-0.3, -0.25) is 0 Å². The Kier molecular flexibility index (Phi) is 4.65. The van der Waals surface area contributed by atoms with Crippen LogP contribution in [0.4, 0.5) is 0 Å². The minimum atomic E-state index is -3.40. The Hall–Kier alpha value is -0.580. The second-order valence-electron chi connectivity index (χ2n) is 4.59. The predicted molar refractivity (Wildman–Crippen MR) is 73.3 cm³/mol. The quantitative estimate of drug-likeness (QED) is 0.802. The fourth-order valence-electron chi connectivity index (χ4n) is 2.35. The van der Waals surface area contributed by atoms with Crippen LogP contribution in [0.3, 0.4) is 0 Å². The molecule has 100 valence electrons. The monoisotopic (exact) mass is 287 g/mol. The van der Waals surface area contributed by atoms with E-state index in [0.29, 0.717) is 17.3 Å². The molecule has 0 spiro atoms. The fourth-order valence-corrected chi connectivity index (χ4v) is 4.47. The number of benzene rings is 1. The summed E-state index contributed by atoms with van der Waals surface area (Å²) in [5, 5.41) is 0. The maximum Gasteiger partial charge on any atom is 0.243 e. The summed E-state index contributed by atoms with van der Waals surface area (Å²) >= 11 is 5.94. The molecule has 1 fully saturated rings. The maximum absolute atomic E-state index is 12.6. The molecule has 1 atom stereocenters. The molecular weight excluding hydrogens is 270 g/mol. The minimum Gasteiger partial charge on any atom is -0.207 e. The molecule has 0 radical (unpaired) electrons. The van der Waals surface area contributed by atoms with Crippen LogP contribution in [0, 0.1) is 0 Å². The van der Waals surface area contributed by atoms with Gasteiger partial charge in [0, 0.05) is 18.5 Å². The van der Waals surface area contributed by atoms with Crippen LogP contribution in [0.5, 0.6) is 0 Å².